The summed E-state index contributed by atoms with van der Waals surface area (Å²) >= 11 is 1.51. The maximum Gasteiger partial charge on any atom is 0.272 e. The maximum atomic E-state index is 13.2. The molecule has 0 saturated carbocycles. The van der Waals surface area contributed by atoms with E-state index in [9.17, 15) is 9.18 Å². The summed E-state index contributed by atoms with van der Waals surface area (Å²) in [5.41, 5.74) is 0.389. The molecule has 1 aromatic heterocycles. The van der Waals surface area contributed by atoms with Gasteiger partial charge in [-0.1, -0.05) is 11.8 Å². The molecule has 0 fully saturated rings. The highest BCUT2D eigenvalue weighted by atomic mass is 32.2. The number of thioether (sulfide) groups is 1. The van der Waals surface area contributed by atoms with Crippen molar-refractivity contribution in [2.45, 2.75) is 11.8 Å². The van der Waals surface area contributed by atoms with Gasteiger partial charge in [-0.25, -0.2) is 14.1 Å². The Balaban J connectivity index is 1.38. The first-order chi connectivity index (χ1) is 14.2. The number of rotatable bonds is 4. The monoisotopic (exact) mass is 414 g/mol. The van der Waals surface area contributed by atoms with Crippen LogP contribution in [0.4, 0.5) is 4.39 Å². The first kappa shape index (κ1) is 17.8. The lowest BCUT2D eigenvalue weighted by atomic mass is 10.2. The number of ether oxygens (including phenoxy) is 3. The quantitative estimate of drug-likeness (QED) is 0.649. The minimum atomic E-state index is -0.390. The Hall–Kier alpha value is -3.27. The molecule has 29 heavy (non-hydrogen) atoms. The first-order valence-electron chi connectivity index (χ1n) is 8.86. The van der Waals surface area contributed by atoms with Crippen molar-refractivity contribution < 1.29 is 23.4 Å². The molecule has 0 atom stereocenters. The molecule has 0 saturated heterocycles. The van der Waals surface area contributed by atoms with Crippen LogP contribution in [0.15, 0.2) is 47.6 Å². The van der Waals surface area contributed by atoms with E-state index in [1.165, 1.54) is 36.0 Å². The van der Waals surface area contributed by atoms with Crippen molar-refractivity contribution in [2.75, 3.05) is 24.1 Å². The largest absolute Gasteiger partial charge is 0.485 e. The predicted molar refractivity (Wildman–Crippen MR) is 101 cm³/mol. The number of nitrogens with zero attached hydrogens (tertiary/aromatic N) is 4. The molecular formula is C19H15FN4O4S. The van der Waals surface area contributed by atoms with Crippen LogP contribution in [0, 0.1) is 5.82 Å². The molecule has 0 bridgehead atoms. The molecule has 0 radical (unpaired) electrons. The zero-order chi connectivity index (χ0) is 19.8. The summed E-state index contributed by atoms with van der Waals surface area (Å²) in [6.07, 6.45) is 0. The molecule has 10 heteroatoms. The van der Waals surface area contributed by atoms with Crippen LogP contribution in [0.5, 0.6) is 17.2 Å². The first-order valence-corrected chi connectivity index (χ1v) is 9.85. The summed E-state index contributed by atoms with van der Waals surface area (Å²) < 4.78 is 31.3. The lowest BCUT2D eigenvalue weighted by Gasteiger charge is -2.29. The third-order valence-electron chi connectivity index (χ3n) is 4.49. The fourth-order valence-electron chi connectivity index (χ4n) is 3.09. The number of carbonyl (C=O) groups excluding carboxylic acids is 1. The number of halogens is 1. The molecule has 2 aliphatic rings. The number of hydrogen-bond donors (Lipinski definition) is 0. The molecule has 2 aromatic carbocycles. The smallest absolute Gasteiger partial charge is 0.272 e. The number of fused-ring (bicyclic) bond motifs is 2. The van der Waals surface area contributed by atoms with Crippen LogP contribution in [0.25, 0.3) is 0 Å². The second-order valence-corrected chi connectivity index (χ2v) is 7.36. The van der Waals surface area contributed by atoms with Crippen molar-refractivity contribution in [1.82, 2.24) is 14.9 Å². The Labute approximate surface area is 169 Å². The van der Waals surface area contributed by atoms with Gasteiger partial charge >= 0.3 is 0 Å². The number of amides is 1. The molecule has 0 aliphatic carbocycles. The molecule has 0 N–H and O–H groups in total. The third-order valence-corrected chi connectivity index (χ3v) is 5.39. The van der Waals surface area contributed by atoms with Crippen molar-refractivity contribution in [2.24, 2.45) is 0 Å². The molecule has 3 heterocycles. The zero-order valence-corrected chi connectivity index (χ0v) is 15.9. The SMILES string of the molecule is O=C(c1ccc(F)cc1)N1CCSc2nnc(COc3ccc4c(c3)OCO4)n21. The highest BCUT2D eigenvalue weighted by molar-refractivity contribution is 7.99. The number of carbonyl (C=O) groups is 1. The molecule has 3 aromatic rings. The minimum Gasteiger partial charge on any atom is -0.485 e. The van der Waals surface area contributed by atoms with Gasteiger partial charge in [0.15, 0.2) is 17.3 Å². The van der Waals surface area contributed by atoms with Crippen LogP contribution < -0.4 is 19.2 Å². The molecule has 2 aliphatic heterocycles. The molecule has 1 amide bonds. The molecule has 0 unspecified atom stereocenters. The van der Waals surface area contributed by atoms with Crippen molar-refractivity contribution in [3.05, 3.63) is 59.7 Å². The Bertz CT molecular complexity index is 1070. The topological polar surface area (TPSA) is 78.7 Å². The fraction of sp³-hybridized carbons (Fsp3) is 0.211. The van der Waals surface area contributed by atoms with Crippen LogP contribution in [-0.2, 0) is 6.61 Å². The van der Waals surface area contributed by atoms with Gasteiger partial charge in [-0.2, -0.15) is 0 Å². The maximum absolute atomic E-state index is 13.2. The number of benzene rings is 2. The van der Waals surface area contributed by atoms with Gasteiger partial charge in [0.1, 0.15) is 18.2 Å². The highest BCUT2D eigenvalue weighted by Crippen LogP contribution is 2.35. The molecule has 8 nitrogen and oxygen atoms in total. The van der Waals surface area contributed by atoms with Gasteiger partial charge in [0, 0.05) is 17.4 Å². The molecule has 148 valence electrons. The van der Waals surface area contributed by atoms with Crippen LogP contribution in [0.1, 0.15) is 16.2 Å². The van der Waals surface area contributed by atoms with Gasteiger partial charge in [-0.05, 0) is 36.4 Å². The summed E-state index contributed by atoms with van der Waals surface area (Å²) in [4.78, 5) is 13.0. The summed E-state index contributed by atoms with van der Waals surface area (Å²) in [5.74, 6) is 2.41. The second-order valence-electron chi connectivity index (χ2n) is 6.30. The second kappa shape index (κ2) is 7.28. The van der Waals surface area contributed by atoms with Gasteiger partial charge in [0.25, 0.3) is 5.91 Å². The average Bonchev–Trinajstić information content (AvgIpc) is 3.38. The van der Waals surface area contributed by atoms with Gasteiger partial charge in [-0.3, -0.25) is 4.79 Å². The normalized spacial score (nSPS) is 14.6. The Kier molecular flexibility index (Phi) is 4.47. The van der Waals surface area contributed by atoms with E-state index in [-0.39, 0.29) is 19.3 Å². The fourth-order valence-corrected chi connectivity index (χ4v) is 3.96. The Morgan fingerprint density at radius 3 is 2.83 bits per heavy atom. The van der Waals surface area contributed by atoms with E-state index < -0.39 is 5.82 Å². The van der Waals surface area contributed by atoms with Gasteiger partial charge in [0.2, 0.25) is 11.9 Å². The summed E-state index contributed by atoms with van der Waals surface area (Å²) in [6, 6.07) is 10.8. The van der Waals surface area contributed by atoms with E-state index in [0.717, 1.165) is 0 Å². The number of hydrogen-bond acceptors (Lipinski definition) is 7. The third kappa shape index (κ3) is 3.35. The van der Waals surface area contributed by atoms with E-state index in [1.807, 2.05) is 0 Å². The van der Waals surface area contributed by atoms with E-state index >= 15 is 0 Å². The van der Waals surface area contributed by atoms with Crippen LogP contribution in [-0.4, -0.2) is 39.9 Å². The lowest BCUT2D eigenvalue weighted by Crippen LogP contribution is -2.45. The van der Waals surface area contributed by atoms with Crippen molar-refractivity contribution >= 4 is 17.7 Å². The lowest BCUT2D eigenvalue weighted by molar-refractivity contribution is 0.0952. The van der Waals surface area contributed by atoms with Crippen LogP contribution >= 0.6 is 11.8 Å². The standard InChI is InChI=1S/C19H15FN4O4S/c20-13-3-1-12(2-4-13)18(25)23-7-8-29-19-22-21-17(24(19)23)10-26-14-5-6-15-16(9-14)28-11-27-15/h1-6,9H,7-8,10-11H2. The van der Waals surface area contributed by atoms with Crippen LogP contribution in [0.2, 0.25) is 0 Å². The van der Waals surface area contributed by atoms with Crippen molar-refractivity contribution in [3.8, 4) is 17.2 Å². The van der Waals surface area contributed by atoms with Gasteiger partial charge < -0.3 is 14.2 Å². The zero-order valence-electron chi connectivity index (χ0n) is 15.1. The Morgan fingerprint density at radius 1 is 1.14 bits per heavy atom. The van der Waals surface area contributed by atoms with E-state index in [2.05, 4.69) is 10.2 Å². The summed E-state index contributed by atoms with van der Waals surface area (Å²) in [5, 5.41) is 10.5. The van der Waals surface area contributed by atoms with Crippen LogP contribution in [0.3, 0.4) is 0 Å². The van der Waals surface area contributed by atoms with Crippen molar-refractivity contribution in [1.29, 1.82) is 0 Å². The average molecular weight is 414 g/mol. The summed E-state index contributed by atoms with van der Waals surface area (Å²) in [6.45, 7) is 0.775. The number of aromatic nitrogens is 3. The van der Waals surface area contributed by atoms with Crippen molar-refractivity contribution in [3.63, 3.8) is 0 Å². The van der Waals surface area contributed by atoms with E-state index in [0.29, 0.717) is 46.1 Å². The van der Waals surface area contributed by atoms with Gasteiger partial charge in [-0.15, -0.1) is 10.2 Å². The minimum absolute atomic E-state index is 0.112. The highest BCUT2D eigenvalue weighted by Gasteiger charge is 2.28. The molecule has 5 rings (SSSR count). The van der Waals surface area contributed by atoms with E-state index in [1.54, 1.807) is 27.9 Å². The predicted octanol–water partition coefficient (Wildman–Crippen LogP) is 2.61. The molecule has 0 spiro atoms. The summed E-state index contributed by atoms with van der Waals surface area (Å²) in [7, 11) is 0. The molecular weight excluding hydrogens is 399 g/mol. The van der Waals surface area contributed by atoms with Gasteiger partial charge in [0.05, 0.1) is 6.54 Å². The van der Waals surface area contributed by atoms with E-state index in [4.69, 9.17) is 14.2 Å². The Morgan fingerprint density at radius 2 is 1.97 bits per heavy atom.